The number of ether oxygens (including phenoxy) is 1. The maximum Gasteiger partial charge on any atom is 0.250 e. The molecule has 106 valence electrons. The minimum absolute atomic E-state index is 0.0635. The van der Waals surface area contributed by atoms with Crippen LogP contribution in [0.2, 0.25) is 0 Å². The van der Waals surface area contributed by atoms with E-state index in [2.05, 4.69) is 5.32 Å². The summed E-state index contributed by atoms with van der Waals surface area (Å²) in [5.74, 6) is 0.00901. The summed E-state index contributed by atoms with van der Waals surface area (Å²) in [6.45, 7) is 3.25. The molecule has 3 rings (SSSR count). The summed E-state index contributed by atoms with van der Waals surface area (Å²) >= 11 is 0. The van der Waals surface area contributed by atoms with Crippen LogP contribution in [-0.4, -0.2) is 31.6 Å². The lowest BCUT2D eigenvalue weighted by atomic mass is 9.99. The van der Waals surface area contributed by atoms with E-state index in [1.165, 1.54) is 0 Å². The Morgan fingerprint density at radius 3 is 3.00 bits per heavy atom. The van der Waals surface area contributed by atoms with Crippen molar-refractivity contribution in [3.05, 3.63) is 23.3 Å². The molecule has 2 aliphatic heterocycles. The third kappa shape index (κ3) is 2.29. The van der Waals surface area contributed by atoms with Gasteiger partial charge in [-0.3, -0.25) is 9.59 Å². The third-order valence-corrected chi connectivity index (χ3v) is 3.73. The van der Waals surface area contributed by atoms with E-state index in [0.29, 0.717) is 13.0 Å². The van der Waals surface area contributed by atoms with Gasteiger partial charge in [-0.1, -0.05) is 0 Å². The molecule has 0 bridgehead atoms. The van der Waals surface area contributed by atoms with E-state index in [9.17, 15) is 9.59 Å². The number of carbonyl (C=O) groups is 2. The molecule has 0 fully saturated rings. The van der Waals surface area contributed by atoms with Gasteiger partial charge < -0.3 is 15.0 Å². The average Bonchev–Trinajstić information content (AvgIpc) is 2.75. The van der Waals surface area contributed by atoms with Crippen molar-refractivity contribution in [3.8, 4) is 0 Å². The van der Waals surface area contributed by atoms with E-state index in [1.807, 2.05) is 24.0 Å². The quantitative estimate of drug-likeness (QED) is 0.905. The van der Waals surface area contributed by atoms with Gasteiger partial charge in [0.1, 0.15) is 6.61 Å². The highest BCUT2D eigenvalue weighted by atomic mass is 16.5. The van der Waals surface area contributed by atoms with Crippen molar-refractivity contribution in [3.63, 3.8) is 0 Å². The first kappa shape index (κ1) is 13.1. The highest BCUT2D eigenvalue weighted by Gasteiger charge is 2.32. The van der Waals surface area contributed by atoms with Crippen molar-refractivity contribution in [2.45, 2.75) is 26.2 Å². The lowest BCUT2D eigenvalue weighted by Crippen LogP contribution is -2.31. The van der Waals surface area contributed by atoms with Gasteiger partial charge >= 0.3 is 0 Å². The molecule has 20 heavy (non-hydrogen) atoms. The minimum Gasteiger partial charge on any atom is -0.372 e. The molecule has 0 atom stereocenters. The molecule has 0 saturated carbocycles. The van der Waals surface area contributed by atoms with E-state index in [4.69, 9.17) is 4.74 Å². The van der Waals surface area contributed by atoms with Crippen LogP contribution in [0.5, 0.6) is 0 Å². The van der Waals surface area contributed by atoms with Gasteiger partial charge in [0.25, 0.3) is 0 Å². The number of rotatable bonds is 4. The fourth-order valence-electron chi connectivity index (χ4n) is 2.94. The maximum atomic E-state index is 11.9. The first-order valence-electron chi connectivity index (χ1n) is 7.03. The highest BCUT2D eigenvalue weighted by Crippen LogP contribution is 2.38. The number of nitrogens with zero attached hydrogens (tertiary/aromatic N) is 1. The van der Waals surface area contributed by atoms with Gasteiger partial charge in [0.2, 0.25) is 11.8 Å². The molecule has 0 spiro atoms. The molecule has 0 radical (unpaired) electrons. The number of hydrogen-bond acceptors (Lipinski definition) is 3. The average molecular weight is 274 g/mol. The fourth-order valence-corrected chi connectivity index (χ4v) is 2.94. The molecule has 5 nitrogen and oxygen atoms in total. The first-order valence-corrected chi connectivity index (χ1v) is 7.03. The molecule has 2 heterocycles. The van der Waals surface area contributed by atoms with E-state index < -0.39 is 0 Å². The molecule has 0 unspecified atom stereocenters. The van der Waals surface area contributed by atoms with Crippen LogP contribution in [0.4, 0.5) is 11.4 Å². The summed E-state index contributed by atoms with van der Waals surface area (Å²) < 4.78 is 5.09. The van der Waals surface area contributed by atoms with Crippen molar-refractivity contribution in [1.29, 1.82) is 0 Å². The summed E-state index contributed by atoms with van der Waals surface area (Å²) in [5, 5.41) is 2.84. The van der Waals surface area contributed by atoms with Crippen LogP contribution in [0.25, 0.3) is 0 Å². The molecule has 0 saturated heterocycles. The molecular formula is C15H18N2O3. The Labute approximate surface area is 117 Å². The highest BCUT2D eigenvalue weighted by molar-refractivity contribution is 6.04. The molecule has 1 aromatic carbocycles. The molecular weight excluding hydrogens is 256 g/mol. The molecule has 2 aliphatic rings. The van der Waals surface area contributed by atoms with Crippen LogP contribution in [0.1, 0.15) is 24.5 Å². The number of carbonyl (C=O) groups excluding carboxylic acids is 2. The zero-order chi connectivity index (χ0) is 14.1. The summed E-state index contributed by atoms with van der Waals surface area (Å²) in [5.41, 5.74) is 4.02. The largest absolute Gasteiger partial charge is 0.372 e. The summed E-state index contributed by atoms with van der Waals surface area (Å²) in [7, 11) is 0. The van der Waals surface area contributed by atoms with Gasteiger partial charge in [0, 0.05) is 18.8 Å². The molecule has 1 aromatic rings. The number of aryl methyl sites for hydroxylation is 1. The predicted molar refractivity (Wildman–Crippen MR) is 75.9 cm³/mol. The topological polar surface area (TPSA) is 58.6 Å². The first-order chi connectivity index (χ1) is 9.69. The van der Waals surface area contributed by atoms with Crippen LogP contribution < -0.4 is 10.2 Å². The smallest absolute Gasteiger partial charge is 0.250 e. The van der Waals surface area contributed by atoms with Crippen molar-refractivity contribution >= 4 is 23.2 Å². The van der Waals surface area contributed by atoms with Gasteiger partial charge in [-0.05, 0) is 43.0 Å². The SMILES string of the molecule is CCOCC(=O)Nc1cc2c3c(c1)CC(=O)N3CCC2. The Morgan fingerprint density at radius 1 is 1.40 bits per heavy atom. The van der Waals surface area contributed by atoms with Gasteiger partial charge in [0.15, 0.2) is 0 Å². The van der Waals surface area contributed by atoms with Crippen LogP contribution in [0.15, 0.2) is 12.1 Å². The van der Waals surface area contributed by atoms with Crippen LogP contribution >= 0.6 is 0 Å². The van der Waals surface area contributed by atoms with Gasteiger partial charge in [-0.15, -0.1) is 0 Å². The monoisotopic (exact) mass is 274 g/mol. The summed E-state index contributed by atoms with van der Waals surface area (Å²) in [6.07, 6.45) is 2.38. The summed E-state index contributed by atoms with van der Waals surface area (Å²) in [4.78, 5) is 25.5. The number of amides is 2. The number of hydrogen-bond donors (Lipinski definition) is 1. The second-order valence-electron chi connectivity index (χ2n) is 5.15. The second kappa shape index (κ2) is 5.25. The van der Waals surface area contributed by atoms with Crippen LogP contribution in [0, 0.1) is 0 Å². The predicted octanol–water partition coefficient (Wildman–Crippen LogP) is 1.50. The molecule has 0 aromatic heterocycles. The number of nitrogens with one attached hydrogen (secondary N) is 1. The third-order valence-electron chi connectivity index (χ3n) is 3.73. The fraction of sp³-hybridized carbons (Fsp3) is 0.467. The zero-order valence-corrected chi connectivity index (χ0v) is 11.6. The lowest BCUT2D eigenvalue weighted by molar-refractivity contribution is -0.120. The van der Waals surface area contributed by atoms with Gasteiger partial charge in [-0.2, -0.15) is 0 Å². The van der Waals surface area contributed by atoms with Crippen molar-refractivity contribution in [2.75, 3.05) is 30.0 Å². The molecule has 1 N–H and O–H groups in total. The van der Waals surface area contributed by atoms with Crippen molar-refractivity contribution in [1.82, 2.24) is 0 Å². The van der Waals surface area contributed by atoms with Crippen molar-refractivity contribution in [2.24, 2.45) is 0 Å². The molecule has 5 heteroatoms. The van der Waals surface area contributed by atoms with E-state index in [0.717, 1.165) is 41.9 Å². The maximum absolute atomic E-state index is 11.9. The Bertz CT molecular complexity index is 568. The van der Waals surface area contributed by atoms with Crippen LogP contribution in [0.3, 0.4) is 0 Å². The number of benzene rings is 1. The minimum atomic E-state index is -0.156. The second-order valence-corrected chi connectivity index (χ2v) is 5.15. The van der Waals surface area contributed by atoms with Crippen LogP contribution in [-0.2, 0) is 27.2 Å². The summed E-state index contributed by atoms with van der Waals surface area (Å²) in [6, 6.07) is 3.89. The zero-order valence-electron chi connectivity index (χ0n) is 11.6. The molecule has 2 amide bonds. The Balaban J connectivity index is 1.84. The normalized spacial score (nSPS) is 16.2. The van der Waals surface area contributed by atoms with Gasteiger partial charge in [0.05, 0.1) is 12.1 Å². The van der Waals surface area contributed by atoms with Crippen molar-refractivity contribution < 1.29 is 14.3 Å². The lowest BCUT2D eigenvalue weighted by Gasteiger charge is -2.26. The standard InChI is InChI=1S/C15H18N2O3/c1-2-20-9-13(18)16-12-6-10-4-3-5-17-14(19)8-11(7-12)15(10)17/h6-7H,2-5,8-9H2,1H3,(H,16,18). The van der Waals surface area contributed by atoms with E-state index in [1.54, 1.807) is 0 Å². The van der Waals surface area contributed by atoms with Gasteiger partial charge in [-0.25, -0.2) is 0 Å². The number of anilines is 2. The Hall–Kier alpha value is -1.88. The van der Waals surface area contributed by atoms with E-state index >= 15 is 0 Å². The molecule has 0 aliphatic carbocycles. The van der Waals surface area contributed by atoms with E-state index in [-0.39, 0.29) is 18.4 Å². The Morgan fingerprint density at radius 2 is 2.20 bits per heavy atom. The Kier molecular flexibility index (Phi) is 3.44.